The largest absolute Gasteiger partial charge is 0.481 e. The summed E-state index contributed by atoms with van der Waals surface area (Å²) >= 11 is 0. The number of carbonyl (C=O) groups is 2. The number of allylic oxidation sites excluding steroid dienone is 4. The van der Waals surface area contributed by atoms with Crippen LogP contribution >= 0.6 is 0 Å². The van der Waals surface area contributed by atoms with Gasteiger partial charge in [0, 0.05) is 11.8 Å². The number of carboxylic acid groups (broad SMARTS) is 1. The van der Waals surface area contributed by atoms with Crippen molar-refractivity contribution in [1.82, 2.24) is 0 Å². The molecule has 0 saturated heterocycles. The Labute approximate surface area is 218 Å². The minimum Gasteiger partial charge on any atom is -0.481 e. The van der Waals surface area contributed by atoms with E-state index in [-0.39, 0.29) is 28.6 Å². The van der Waals surface area contributed by atoms with Crippen LogP contribution in [0.25, 0.3) is 0 Å². The van der Waals surface area contributed by atoms with Crippen LogP contribution in [0.15, 0.2) is 34.9 Å². The van der Waals surface area contributed by atoms with E-state index in [0.29, 0.717) is 25.7 Å². The van der Waals surface area contributed by atoms with Crippen molar-refractivity contribution in [1.29, 1.82) is 0 Å². The van der Waals surface area contributed by atoms with Gasteiger partial charge in [0.25, 0.3) is 0 Å². The molecule has 0 unspecified atom stereocenters. The quantitative estimate of drug-likeness (QED) is 0.267. The Balaban J connectivity index is 2.06. The number of methoxy groups -OCH3 is 1. The van der Waals surface area contributed by atoms with Crippen molar-refractivity contribution in [3.05, 3.63) is 34.9 Å². The van der Waals surface area contributed by atoms with Crippen molar-refractivity contribution in [2.45, 2.75) is 105 Å². The Hall–Kier alpha value is -1.88. The number of carbonyl (C=O) groups excluding carboxylic acids is 1. The smallest absolute Gasteiger partial charge is 0.306 e. The van der Waals surface area contributed by atoms with Gasteiger partial charge in [0.05, 0.1) is 19.1 Å². The lowest BCUT2D eigenvalue weighted by atomic mass is 9.46. The van der Waals surface area contributed by atoms with Crippen LogP contribution in [0.1, 0.15) is 99.3 Å². The van der Waals surface area contributed by atoms with Crippen molar-refractivity contribution >= 4 is 11.9 Å². The molecule has 0 spiro atoms. The highest BCUT2D eigenvalue weighted by Gasteiger charge is 2.66. The predicted molar refractivity (Wildman–Crippen MR) is 143 cm³/mol. The summed E-state index contributed by atoms with van der Waals surface area (Å²) in [5.74, 6) is -1.21. The summed E-state index contributed by atoms with van der Waals surface area (Å²) in [5.41, 5.74) is 4.06. The van der Waals surface area contributed by atoms with Gasteiger partial charge in [0.15, 0.2) is 0 Å². The number of rotatable bonds is 9. The molecule has 0 aliphatic heterocycles. The molecule has 3 rings (SSSR count). The van der Waals surface area contributed by atoms with E-state index in [0.717, 1.165) is 37.7 Å². The molecule has 0 aromatic heterocycles. The number of aliphatic hydroxyl groups is 1. The van der Waals surface area contributed by atoms with Crippen LogP contribution in [0.5, 0.6) is 0 Å². The van der Waals surface area contributed by atoms with Gasteiger partial charge in [0.2, 0.25) is 0 Å². The lowest BCUT2D eigenvalue weighted by Gasteiger charge is -2.58. The van der Waals surface area contributed by atoms with E-state index < -0.39 is 23.4 Å². The second-order valence-corrected chi connectivity index (χ2v) is 12.7. The molecule has 0 heterocycles. The Morgan fingerprint density at radius 1 is 1.17 bits per heavy atom. The van der Waals surface area contributed by atoms with Crippen LogP contribution < -0.4 is 0 Å². The molecule has 1 fully saturated rings. The zero-order chi connectivity index (χ0) is 27.1. The predicted octanol–water partition coefficient (Wildman–Crippen LogP) is 6.86. The van der Waals surface area contributed by atoms with Gasteiger partial charge in [-0.25, -0.2) is 0 Å². The summed E-state index contributed by atoms with van der Waals surface area (Å²) in [6.45, 7) is 17.2. The Kier molecular flexibility index (Phi) is 8.35. The van der Waals surface area contributed by atoms with Gasteiger partial charge >= 0.3 is 11.9 Å². The molecule has 5 nitrogen and oxygen atoms in total. The Morgan fingerprint density at radius 2 is 1.83 bits per heavy atom. The number of aliphatic carboxylic acids is 1. The minimum absolute atomic E-state index is 0.0743. The molecule has 0 aromatic carbocycles. The van der Waals surface area contributed by atoms with Crippen LogP contribution in [-0.4, -0.2) is 35.4 Å². The summed E-state index contributed by atoms with van der Waals surface area (Å²) in [7, 11) is 1.44. The zero-order valence-corrected chi connectivity index (χ0v) is 23.6. The molecular weight excluding hydrogens is 452 g/mol. The van der Waals surface area contributed by atoms with Gasteiger partial charge in [-0.3, -0.25) is 9.59 Å². The number of ether oxygens (including phenoxy) is 1. The molecule has 3 aliphatic carbocycles. The first-order valence-electron chi connectivity index (χ1n) is 13.7. The molecule has 202 valence electrons. The third-order valence-electron chi connectivity index (χ3n) is 10.7. The highest BCUT2D eigenvalue weighted by atomic mass is 16.5. The van der Waals surface area contributed by atoms with Crippen molar-refractivity contribution in [3.63, 3.8) is 0 Å². The van der Waals surface area contributed by atoms with Gasteiger partial charge in [-0.1, -0.05) is 55.7 Å². The van der Waals surface area contributed by atoms with Gasteiger partial charge in [-0.05, 0) is 94.8 Å². The van der Waals surface area contributed by atoms with Crippen molar-refractivity contribution in [2.24, 2.45) is 34.0 Å². The van der Waals surface area contributed by atoms with Crippen molar-refractivity contribution in [2.75, 3.05) is 7.11 Å². The number of hydrogen-bond acceptors (Lipinski definition) is 4. The second kappa shape index (κ2) is 10.5. The highest BCUT2D eigenvalue weighted by molar-refractivity contribution is 5.71. The van der Waals surface area contributed by atoms with E-state index in [1.54, 1.807) is 0 Å². The molecule has 1 saturated carbocycles. The fourth-order valence-corrected chi connectivity index (χ4v) is 8.44. The van der Waals surface area contributed by atoms with Crippen LogP contribution in [0.2, 0.25) is 0 Å². The average Bonchev–Trinajstić information content (AvgIpc) is 3.01. The molecule has 7 atom stereocenters. The third-order valence-corrected chi connectivity index (χ3v) is 10.7. The molecule has 3 aliphatic rings. The summed E-state index contributed by atoms with van der Waals surface area (Å²) < 4.78 is 4.97. The maximum Gasteiger partial charge on any atom is 0.306 e. The normalized spacial score (nSPS) is 36.5. The third kappa shape index (κ3) is 4.61. The summed E-state index contributed by atoms with van der Waals surface area (Å²) in [4.78, 5) is 24.6. The van der Waals surface area contributed by atoms with Crippen molar-refractivity contribution < 1.29 is 24.5 Å². The van der Waals surface area contributed by atoms with Crippen molar-refractivity contribution in [3.8, 4) is 0 Å². The fourth-order valence-electron chi connectivity index (χ4n) is 8.44. The molecule has 0 bridgehead atoms. The van der Waals surface area contributed by atoms with E-state index in [9.17, 15) is 19.8 Å². The summed E-state index contributed by atoms with van der Waals surface area (Å²) in [6.07, 6.45) is 8.05. The Bertz CT molecular complexity index is 956. The molecule has 0 amide bonds. The first-order valence-corrected chi connectivity index (χ1v) is 13.7. The molecule has 0 radical (unpaired) electrons. The monoisotopic (exact) mass is 500 g/mol. The Morgan fingerprint density at radius 3 is 2.39 bits per heavy atom. The molecule has 5 heteroatoms. The fraction of sp³-hybridized carbons (Fsp3) is 0.742. The molecule has 2 N–H and O–H groups in total. The SMILES string of the molecule is C=C(C)[C@@H]1CCC2=C(CC[C@]3(C)[C@@H]([C@@H](CCC=C(C)C)C(=O)O)C[C@H](O)[C@@]23C)[C@@]1(C)CCC(=O)OC. The molecular formula is C31H48O5. The first-order chi connectivity index (χ1) is 16.7. The standard InChI is InChI=1S/C31H48O5/c1-19(2)10-9-11-21(28(34)35)25-18-26(32)31(7)24-13-12-22(20(3)4)29(5,16-15-27(33)36-8)23(24)14-17-30(25,31)6/h10,21-22,25-26,32H,3,9,11-18H2,1-2,4-8H3,(H,34,35)/t21-,22+,25-,26+,29+,30-,31-/m1/s1. The highest BCUT2D eigenvalue weighted by Crippen LogP contribution is 2.71. The van der Waals surface area contributed by atoms with Crippen LogP contribution in [-0.2, 0) is 14.3 Å². The van der Waals surface area contributed by atoms with Crippen LogP contribution in [0.4, 0.5) is 0 Å². The maximum absolute atomic E-state index is 12.5. The number of carboxylic acids is 1. The van der Waals surface area contributed by atoms with Crippen LogP contribution in [0.3, 0.4) is 0 Å². The van der Waals surface area contributed by atoms with Gasteiger partial charge < -0.3 is 14.9 Å². The van der Waals surface area contributed by atoms with Gasteiger partial charge in [-0.15, -0.1) is 0 Å². The number of hydrogen-bond donors (Lipinski definition) is 2. The molecule has 0 aromatic rings. The van der Waals surface area contributed by atoms with E-state index in [2.05, 4.69) is 40.3 Å². The second-order valence-electron chi connectivity index (χ2n) is 12.7. The number of esters is 1. The minimum atomic E-state index is -0.742. The summed E-state index contributed by atoms with van der Waals surface area (Å²) in [5, 5.41) is 21.9. The lowest BCUT2D eigenvalue weighted by Crippen LogP contribution is -2.51. The number of aliphatic hydroxyl groups excluding tert-OH is 1. The van der Waals surface area contributed by atoms with E-state index in [1.165, 1.54) is 23.8 Å². The van der Waals surface area contributed by atoms with E-state index in [1.807, 2.05) is 13.8 Å². The van der Waals surface area contributed by atoms with Crippen LogP contribution in [0, 0.1) is 34.0 Å². The average molecular weight is 501 g/mol. The van der Waals surface area contributed by atoms with Gasteiger partial charge in [-0.2, -0.15) is 0 Å². The van der Waals surface area contributed by atoms with E-state index >= 15 is 0 Å². The van der Waals surface area contributed by atoms with Gasteiger partial charge in [0.1, 0.15) is 0 Å². The maximum atomic E-state index is 12.5. The topological polar surface area (TPSA) is 83.8 Å². The zero-order valence-electron chi connectivity index (χ0n) is 23.6. The number of fused-ring (bicyclic) bond motifs is 2. The van der Waals surface area contributed by atoms with E-state index in [4.69, 9.17) is 4.74 Å². The molecule has 36 heavy (non-hydrogen) atoms. The summed E-state index contributed by atoms with van der Waals surface area (Å²) in [6, 6.07) is 0. The lowest BCUT2D eigenvalue weighted by molar-refractivity contribution is -0.146. The first kappa shape index (κ1) is 28.7.